The molecular formula is C17H18FNOS. The Morgan fingerprint density at radius 2 is 1.86 bits per heavy atom. The van der Waals surface area contributed by atoms with E-state index in [-0.39, 0.29) is 17.4 Å². The van der Waals surface area contributed by atoms with Crippen LogP contribution in [0, 0.1) is 5.82 Å². The van der Waals surface area contributed by atoms with Gasteiger partial charge in [-0.15, -0.1) is 0 Å². The summed E-state index contributed by atoms with van der Waals surface area (Å²) in [5.41, 5.74) is 7.87. The van der Waals surface area contributed by atoms with Crippen molar-refractivity contribution in [3.8, 4) is 5.75 Å². The Morgan fingerprint density at radius 1 is 1.19 bits per heavy atom. The van der Waals surface area contributed by atoms with E-state index in [1.54, 1.807) is 12.1 Å². The summed E-state index contributed by atoms with van der Waals surface area (Å²) >= 11 is 4.90. The van der Waals surface area contributed by atoms with Crippen molar-refractivity contribution in [2.24, 2.45) is 5.73 Å². The van der Waals surface area contributed by atoms with E-state index in [1.807, 2.05) is 24.3 Å². The van der Waals surface area contributed by atoms with Gasteiger partial charge in [0.05, 0.1) is 0 Å². The van der Waals surface area contributed by atoms with E-state index < -0.39 is 0 Å². The van der Waals surface area contributed by atoms with Crippen LogP contribution in [0.1, 0.15) is 36.5 Å². The number of hydrogen-bond acceptors (Lipinski definition) is 2. The zero-order valence-corrected chi connectivity index (χ0v) is 12.9. The number of ether oxygens (including phenoxy) is 1. The minimum atomic E-state index is -0.325. The van der Waals surface area contributed by atoms with Crippen LogP contribution in [0.25, 0.3) is 0 Å². The minimum Gasteiger partial charge on any atom is -0.489 e. The molecule has 0 bridgehead atoms. The van der Waals surface area contributed by atoms with Crippen molar-refractivity contribution in [3.63, 3.8) is 0 Å². The summed E-state index contributed by atoms with van der Waals surface area (Å²) in [6.45, 7) is 4.40. The Morgan fingerprint density at radius 3 is 2.43 bits per heavy atom. The Bertz CT molecular complexity index is 638. The van der Waals surface area contributed by atoms with Crippen molar-refractivity contribution in [1.29, 1.82) is 0 Å². The molecule has 0 fully saturated rings. The summed E-state index contributed by atoms with van der Waals surface area (Å²) in [4.78, 5) is 0.248. The topological polar surface area (TPSA) is 35.2 Å². The Labute approximate surface area is 129 Å². The lowest BCUT2D eigenvalue weighted by atomic mass is 10.0. The van der Waals surface area contributed by atoms with Crippen LogP contribution in [0.2, 0.25) is 0 Å². The molecule has 0 heterocycles. The molecule has 0 aliphatic rings. The van der Waals surface area contributed by atoms with Gasteiger partial charge >= 0.3 is 0 Å². The zero-order chi connectivity index (χ0) is 15.4. The molecule has 0 atom stereocenters. The lowest BCUT2D eigenvalue weighted by molar-refractivity contribution is 0.299. The molecule has 0 saturated carbocycles. The minimum absolute atomic E-state index is 0.142. The van der Waals surface area contributed by atoms with Gasteiger partial charge in [-0.1, -0.05) is 38.2 Å². The zero-order valence-electron chi connectivity index (χ0n) is 12.1. The van der Waals surface area contributed by atoms with Crippen molar-refractivity contribution >= 4 is 17.2 Å². The Balaban J connectivity index is 2.09. The number of hydrogen-bond donors (Lipinski definition) is 1. The van der Waals surface area contributed by atoms with Crippen molar-refractivity contribution < 1.29 is 9.13 Å². The largest absolute Gasteiger partial charge is 0.489 e. The van der Waals surface area contributed by atoms with Crippen LogP contribution < -0.4 is 10.5 Å². The third-order valence-electron chi connectivity index (χ3n) is 3.27. The van der Waals surface area contributed by atoms with Crippen LogP contribution in [-0.2, 0) is 6.61 Å². The summed E-state index contributed by atoms with van der Waals surface area (Å²) in [7, 11) is 0. The highest BCUT2D eigenvalue weighted by atomic mass is 32.1. The molecular weight excluding hydrogens is 285 g/mol. The van der Waals surface area contributed by atoms with Gasteiger partial charge in [0, 0.05) is 11.1 Å². The number of benzene rings is 2. The van der Waals surface area contributed by atoms with Crippen LogP contribution in [-0.4, -0.2) is 4.99 Å². The van der Waals surface area contributed by atoms with Crippen LogP contribution in [0.4, 0.5) is 4.39 Å². The summed E-state index contributed by atoms with van der Waals surface area (Å²) in [6.07, 6.45) is 0. The maximum Gasteiger partial charge on any atom is 0.129 e. The smallest absolute Gasteiger partial charge is 0.129 e. The lowest BCUT2D eigenvalue weighted by Gasteiger charge is -2.10. The molecule has 0 amide bonds. The van der Waals surface area contributed by atoms with Crippen molar-refractivity contribution in [1.82, 2.24) is 0 Å². The number of halogens is 1. The maximum absolute atomic E-state index is 13.7. The third kappa shape index (κ3) is 4.02. The monoisotopic (exact) mass is 303 g/mol. The van der Waals surface area contributed by atoms with Crippen molar-refractivity contribution in [3.05, 3.63) is 65.0 Å². The second-order valence-corrected chi connectivity index (χ2v) is 5.62. The van der Waals surface area contributed by atoms with E-state index in [4.69, 9.17) is 22.7 Å². The van der Waals surface area contributed by atoms with Crippen LogP contribution in [0.3, 0.4) is 0 Å². The fourth-order valence-electron chi connectivity index (χ4n) is 1.95. The van der Waals surface area contributed by atoms with Gasteiger partial charge in [0.25, 0.3) is 0 Å². The molecule has 0 radical (unpaired) electrons. The molecule has 110 valence electrons. The average molecular weight is 303 g/mol. The fourth-order valence-corrected chi connectivity index (χ4v) is 2.08. The first-order valence-corrected chi connectivity index (χ1v) is 7.19. The molecule has 0 aliphatic carbocycles. The second-order valence-electron chi connectivity index (χ2n) is 5.18. The van der Waals surface area contributed by atoms with Gasteiger partial charge in [-0.2, -0.15) is 0 Å². The average Bonchev–Trinajstić information content (AvgIpc) is 2.46. The molecule has 0 spiro atoms. The lowest BCUT2D eigenvalue weighted by Crippen LogP contribution is -2.10. The predicted octanol–water partition coefficient (Wildman–Crippen LogP) is 4.16. The normalized spacial score (nSPS) is 10.7. The van der Waals surface area contributed by atoms with Gasteiger partial charge in [-0.25, -0.2) is 4.39 Å². The van der Waals surface area contributed by atoms with Gasteiger partial charge in [-0.3, -0.25) is 0 Å². The van der Waals surface area contributed by atoms with E-state index in [2.05, 4.69) is 13.8 Å². The molecule has 0 unspecified atom stereocenters. The van der Waals surface area contributed by atoms with Gasteiger partial charge in [0.2, 0.25) is 0 Å². The van der Waals surface area contributed by atoms with E-state index in [0.29, 0.717) is 22.8 Å². The first-order chi connectivity index (χ1) is 9.97. The highest BCUT2D eigenvalue weighted by Crippen LogP contribution is 2.20. The van der Waals surface area contributed by atoms with Crippen LogP contribution in [0.15, 0.2) is 42.5 Å². The SMILES string of the molecule is CC(C)c1ccc(OCc2cc(C(N)=S)ccc2F)cc1. The van der Waals surface area contributed by atoms with Gasteiger partial charge < -0.3 is 10.5 Å². The molecule has 0 saturated heterocycles. The van der Waals surface area contributed by atoms with Gasteiger partial charge in [0.15, 0.2) is 0 Å². The van der Waals surface area contributed by atoms with Crippen molar-refractivity contribution in [2.45, 2.75) is 26.4 Å². The summed E-state index contributed by atoms with van der Waals surface area (Å²) in [5, 5.41) is 0. The fraction of sp³-hybridized carbons (Fsp3) is 0.235. The van der Waals surface area contributed by atoms with E-state index >= 15 is 0 Å². The standard InChI is InChI=1S/C17H18FNOS/c1-11(2)12-3-6-15(7-4-12)20-10-14-9-13(17(19)21)5-8-16(14)18/h3-9,11H,10H2,1-2H3,(H2,19,21). The first kappa shape index (κ1) is 15.4. The molecule has 4 heteroatoms. The van der Waals surface area contributed by atoms with E-state index in [9.17, 15) is 4.39 Å². The quantitative estimate of drug-likeness (QED) is 0.842. The second kappa shape index (κ2) is 6.68. The molecule has 0 aliphatic heterocycles. The van der Waals surface area contributed by atoms with Gasteiger partial charge in [-0.05, 0) is 41.8 Å². The Hall–Kier alpha value is -1.94. The summed E-state index contributed by atoms with van der Waals surface area (Å²) in [6, 6.07) is 12.4. The highest BCUT2D eigenvalue weighted by molar-refractivity contribution is 7.80. The molecule has 21 heavy (non-hydrogen) atoms. The predicted molar refractivity (Wildman–Crippen MR) is 87.2 cm³/mol. The molecule has 2 rings (SSSR count). The number of nitrogens with two attached hydrogens (primary N) is 1. The number of rotatable bonds is 5. The third-order valence-corrected chi connectivity index (χ3v) is 3.51. The summed E-state index contributed by atoms with van der Waals surface area (Å²) in [5.74, 6) is 0.854. The van der Waals surface area contributed by atoms with Crippen molar-refractivity contribution in [2.75, 3.05) is 0 Å². The molecule has 2 aromatic rings. The Kier molecular flexibility index (Phi) is 4.91. The highest BCUT2D eigenvalue weighted by Gasteiger charge is 2.07. The van der Waals surface area contributed by atoms with Gasteiger partial charge in [0.1, 0.15) is 23.2 Å². The molecule has 2 N–H and O–H groups in total. The van der Waals surface area contributed by atoms with E-state index in [0.717, 1.165) is 0 Å². The molecule has 2 aromatic carbocycles. The van der Waals surface area contributed by atoms with Crippen LogP contribution >= 0.6 is 12.2 Å². The maximum atomic E-state index is 13.7. The first-order valence-electron chi connectivity index (χ1n) is 6.78. The number of thiocarbonyl (C=S) groups is 1. The van der Waals surface area contributed by atoms with Crippen LogP contribution in [0.5, 0.6) is 5.75 Å². The molecule has 2 nitrogen and oxygen atoms in total. The van der Waals surface area contributed by atoms with E-state index in [1.165, 1.54) is 11.6 Å². The summed E-state index contributed by atoms with van der Waals surface area (Å²) < 4.78 is 19.4. The molecule has 0 aromatic heterocycles.